The average molecular weight is 310 g/mol. The summed E-state index contributed by atoms with van der Waals surface area (Å²) < 4.78 is 0. The number of hydrogen-bond acceptors (Lipinski definition) is 1. The molecule has 0 bridgehead atoms. The van der Waals surface area contributed by atoms with Crippen molar-refractivity contribution in [1.82, 2.24) is 0 Å². The maximum Gasteiger partial charge on any atom is 0.143 e. The first-order valence-corrected chi connectivity index (χ1v) is 8.84. The summed E-state index contributed by atoms with van der Waals surface area (Å²) in [6.07, 6.45) is 18.9. The summed E-state index contributed by atoms with van der Waals surface area (Å²) in [5.74, 6) is 0. The lowest BCUT2D eigenvalue weighted by atomic mass is 9.72. The van der Waals surface area contributed by atoms with Crippen molar-refractivity contribution in [1.29, 1.82) is 0 Å². The molecule has 0 N–H and O–H groups in total. The molecular formula is C22H30O. The van der Waals surface area contributed by atoms with Gasteiger partial charge in [-0.15, -0.1) is 0 Å². The van der Waals surface area contributed by atoms with Crippen molar-refractivity contribution in [2.75, 3.05) is 0 Å². The SMILES string of the molecule is CC1=C(/C=C/C2=CC(=C/C(C)=C/C=O)/CCC2)C(C)(C)CCC1. The number of carbonyl (C=O) groups excluding carboxylic acids is 1. The maximum absolute atomic E-state index is 10.6. The molecule has 0 aromatic carbocycles. The summed E-state index contributed by atoms with van der Waals surface area (Å²) in [5, 5.41) is 0. The van der Waals surface area contributed by atoms with Crippen molar-refractivity contribution in [3.63, 3.8) is 0 Å². The Hall–Kier alpha value is -1.63. The van der Waals surface area contributed by atoms with Crippen LogP contribution in [0.2, 0.25) is 0 Å². The molecule has 2 aliphatic carbocycles. The fourth-order valence-electron chi connectivity index (χ4n) is 3.77. The van der Waals surface area contributed by atoms with Crippen LogP contribution in [0.5, 0.6) is 0 Å². The van der Waals surface area contributed by atoms with Gasteiger partial charge in [-0.3, -0.25) is 4.79 Å². The van der Waals surface area contributed by atoms with E-state index in [-0.39, 0.29) is 0 Å². The summed E-state index contributed by atoms with van der Waals surface area (Å²) in [5.41, 5.74) is 7.15. The Kier molecular flexibility index (Phi) is 5.98. The van der Waals surface area contributed by atoms with Crippen LogP contribution in [-0.4, -0.2) is 6.29 Å². The van der Waals surface area contributed by atoms with Crippen molar-refractivity contribution in [2.24, 2.45) is 5.41 Å². The Morgan fingerprint density at radius 1 is 1.13 bits per heavy atom. The van der Waals surface area contributed by atoms with Crippen LogP contribution in [0, 0.1) is 5.41 Å². The zero-order chi connectivity index (χ0) is 16.9. The van der Waals surface area contributed by atoms with E-state index in [4.69, 9.17) is 0 Å². The predicted octanol–water partition coefficient (Wildman–Crippen LogP) is 6.25. The molecule has 2 aliphatic rings. The molecule has 0 atom stereocenters. The van der Waals surface area contributed by atoms with Gasteiger partial charge in [-0.25, -0.2) is 0 Å². The highest BCUT2D eigenvalue weighted by atomic mass is 16.1. The summed E-state index contributed by atoms with van der Waals surface area (Å²) in [6.45, 7) is 9.00. The summed E-state index contributed by atoms with van der Waals surface area (Å²) in [6, 6.07) is 0. The highest BCUT2D eigenvalue weighted by molar-refractivity contribution is 5.67. The van der Waals surface area contributed by atoms with Gasteiger partial charge in [0.15, 0.2) is 0 Å². The number of hydrogen-bond donors (Lipinski definition) is 0. The van der Waals surface area contributed by atoms with Crippen LogP contribution < -0.4 is 0 Å². The molecular weight excluding hydrogens is 280 g/mol. The number of allylic oxidation sites excluding steroid dienone is 10. The quantitative estimate of drug-likeness (QED) is 0.443. The van der Waals surface area contributed by atoms with Gasteiger partial charge in [0.2, 0.25) is 0 Å². The maximum atomic E-state index is 10.6. The van der Waals surface area contributed by atoms with E-state index in [0.29, 0.717) is 5.41 Å². The Labute approximate surface area is 141 Å². The van der Waals surface area contributed by atoms with Crippen LogP contribution in [0.25, 0.3) is 0 Å². The molecule has 2 rings (SSSR count). The third kappa shape index (κ3) is 4.92. The molecule has 0 amide bonds. The van der Waals surface area contributed by atoms with Gasteiger partial charge in [-0.2, -0.15) is 0 Å². The molecule has 0 spiro atoms. The molecule has 0 heterocycles. The van der Waals surface area contributed by atoms with E-state index >= 15 is 0 Å². The van der Waals surface area contributed by atoms with E-state index < -0.39 is 0 Å². The Bertz CT molecular complexity index is 606. The van der Waals surface area contributed by atoms with Crippen LogP contribution in [0.1, 0.15) is 66.2 Å². The first kappa shape index (κ1) is 17.7. The highest BCUT2D eigenvalue weighted by Crippen LogP contribution is 2.41. The minimum absolute atomic E-state index is 0.302. The second kappa shape index (κ2) is 7.77. The zero-order valence-corrected chi connectivity index (χ0v) is 15.1. The third-order valence-electron chi connectivity index (χ3n) is 5.05. The summed E-state index contributed by atoms with van der Waals surface area (Å²) >= 11 is 0. The Balaban J connectivity index is 2.20. The van der Waals surface area contributed by atoms with Gasteiger partial charge in [-0.1, -0.05) is 43.7 Å². The third-order valence-corrected chi connectivity index (χ3v) is 5.05. The van der Waals surface area contributed by atoms with Gasteiger partial charge in [0, 0.05) is 0 Å². The molecule has 23 heavy (non-hydrogen) atoms. The van der Waals surface area contributed by atoms with Gasteiger partial charge in [0.05, 0.1) is 0 Å². The largest absolute Gasteiger partial charge is 0.299 e. The lowest BCUT2D eigenvalue weighted by Crippen LogP contribution is -2.19. The summed E-state index contributed by atoms with van der Waals surface area (Å²) in [7, 11) is 0. The average Bonchev–Trinajstić information content (AvgIpc) is 2.46. The zero-order valence-electron chi connectivity index (χ0n) is 15.1. The molecule has 0 unspecified atom stereocenters. The number of carbonyl (C=O) groups is 1. The fourth-order valence-corrected chi connectivity index (χ4v) is 3.77. The fraction of sp³-hybridized carbons (Fsp3) is 0.500. The van der Waals surface area contributed by atoms with Crippen LogP contribution >= 0.6 is 0 Å². The molecule has 1 nitrogen and oxygen atoms in total. The van der Waals surface area contributed by atoms with Gasteiger partial charge in [-0.05, 0) is 86.2 Å². The lowest BCUT2D eigenvalue weighted by molar-refractivity contribution is -0.104. The molecule has 1 heteroatoms. The van der Waals surface area contributed by atoms with Gasteiger partial charge in [0.25, 0.3) is 0 Å². The van der Waals surface area contributed by atoms with Crippen molar-refractivity contribution in [3.8, 4) is 0 Å². The second-order valence-corrected chi connectivity index (χ2v) is 7.60. The topological polar surface area (TPSA) is 17.1 Å². The normalized spacial score (nSPS) is 24.3. The van der Waals surface area contributed by atoms with Crippen LogP contribution in [0.15, 0.2) is 58.2 Å². The van der Waals surface area contributed by atoms with Crippen molar-refractivity contribution >= 4 is 6.29 Å². The van der Waals surface area contributed by atoms with Crippen molar-refractivity contribution < 1.29 is 4.79 Å². The van der Waals surface area contributed by atoms with E-state index in [1.54, 1.807) is 11.6 Å². The van der Waals surface area contributed by atoms with E-state index in [2.05, 4.69) is 45.1 Å². The Morgan fingerprint density at radius 2 is 1.91 bits per heavy atom. The van der Waals surface area contributed by atoms with Crippen molar-refractivity contribution in [3.05, 3.63) is 58.2 Å². The Morgan fingerprint density at radius 3 is 2.61 bits per heavy atom. The van der Waals surface area contributed by atoms with Crippen LogP contribution in [-0.2, 0) is 4.79 Å². The molecule has 0 aromatic heterocycles. The molecule has 0 saturated heterocycles. The molecule has 0 saturated carbocycles. The first-order chi connectivity index (χ1) is 10.9. The standard InChI is InChI=1S/C22H30O/c1-17(12-14-23)15-20-9-5-8-19(16-20)10-11-21-18(2)7-6-13-22(21,3)4/h10-12,14-16H,5-9,13H2,1-4H3/b11-10+,17-12+,20-15+. The van der Waals surface area contributed by atoms with E-state index in [9.17, 15) is 4.79 Å². The van der Waals surface area contributed by atoms with E-state index in [0.717, 1.165) is 24.7 Å². The smallest absolute Gasteiger partial charge is 0.143 e. The van der Waals surface area contributed by atoms with E-state index in [1.165, 1.54) is 42.4 Å². The van der Waals surface area contributed by atoms with E-state index in [1.807, 2.05) is 6.92 Å². The molecule has 0 radical (unpaired) electrons. The first-order valence-electron chi connectivity index (χ1n) is 8.84. The number of rotatable bonds is 4. The number of aldehydes is 1. The summed E-state index contributed by atoms with van der Waals surface area (Å²) in [4.78, 5) is 10.6. The molecule has 124 valence electrons. The minimum atomic E-state index is 0.302. The van der Waals surface area contributed by atoms with Gasteiger partial charge < -0.3 is 0 Å². The predicted molar refractivity (Wildman–Crippen MR) is 99.3 cm³/mol. The minimum Gasteiger partial charge on any atom is -0.299 e. The molecule has 0 fully saturated rings. The second-order valence-electron chi connectivity index (χ2n) is 7.60. The van der Waals surface area contributed by atoms with Gasteiger partial charge >= 0.3 is 0 Å². The van der Waals surface area contributed by atoms with Gasteiger partial charge in [0.1, 0.15) is 6.29 Å². The monoisotopic (exact) mass is 310 g/mol. The van der Waals surface area contributed by atoms with Crippen molar-refractivity contribution in [2.45, 2.75) is 66.2 Å². The lowest BCUT2D eigenvalue weighted by Gasteiger charge is -2.33. The highest BCUT2D eigenvalue weighted by Gasteiger charge is 2.26. The molecule has 0 aliphatic heterocycles. The van der Waals surface area contributed by atoms with Crippen LogP contribution in [0.3, 0.4) is 0 Å². The van der Waals surface area contributed by atoms with Crippen LogP contribution in [0.4, 0.5) is 0 Å². The molecule has 0 aromatic rings.